The summed E-state index contributed by atoms with van der Waals surface area (Å²) in [6, 6.07) is 0. The van der Waals surface area contributed by atoms with Crippen LogP contribution in [0.3, 0.4) is 0 Å². The average molecular weight is 244 g/mol. The molecule has 0 unspecified atom stereocenters. The minimum Gasteiger partial charge on any atom is -0.465 e. The Morgan fingerprint density at radius 2 is 2.06 bits per heavy atom. The Hall–Kier alpha value is -0.650. The van der Waals surface area contributed by atoms with Crippen molar-refractivity contribution in [3.05, 3.63) is 0 Å². The fraction of sp³-hybridized carbons (Fsp3) is 0.917. The highest BCUT2D eigenvalue weighted by molar-refractivity contribution is 5.71. The molecule has 0 amide bonds. The Labute approximate surface area is 104 Å². The lowest BCUT2D eigenvalue weighted by atomic mass is 10.4. The highest BCUT2D eigenvalue weighted by Gasteiger charge is 2.13. The molecular formula is C12H24N2O3. The van der Waals surface area contributed by atoms with Gasteiger partial charge in [0.25, 0.3) is 0 Å². The molecule has 0 radical (unpaired) electrons. The number of carbonyl (C=O) groups excluding carboxylic acids is 1. The van der Waals surface area contributed by atoms with Gasteiger partial charge >= 0.3 is 5.97 Å². The zero-order valence-electron chi connectivity index (χ0n) is 11.0. The third-order valence-corrected chi connectivity index (χ3v) is 2.94. The fourth-order valence-electron chi connectivity index (χ4n) is 1.85. The number of likely N-dealkylation sites (N-methyl/N-ethyl adjacent to an activating group) is 1. The van der Waals surface area contributed by atoms with E-state index in [1.807, 2.05) is 6.92 Å². The number of hydrogen-bond acceptors (Lipinski definition) is 5. The molecule has 0 N–H and O–H groups in total. The molecule has 0 aromatic carbocycles. The van der Waals surface area contributed by atoms with Crippen molar-refractivity contribution in [1.29, 1.82) is 0 Å². The van der Waals surface area contributed by atoms with E-state index >= 15 is 0 Å². The van der Waals surface area contributed by atoms with Gasteiger partial charge in [0.2, 0.25) is 0 Å². The molecule has 5 nitrogen and oxygen atoms in total. The van der Waals surface area contributed by atoms with E-state index in [2.05, 4.69) is 16.7 Å². The van der Waals surface area contributed by atoms with Gasteiger partial charge < -0.3 is 9.47 Å². The standard InChI is InChI=1S/C12H24N2O3/c1-3-13(11-12(15)17-4-2)5-6-14-7-9-16-10-8-14/h3-11H2,1-2H3. The van der Waals surface area contributed by atoms with E-state index in [4.69, 9.17) is 9.47 Å². The molecule has 1 rings (SSSR count). The number of nitrogens with zero attached hydrogens (tertiary/aromatic N) is 2. The van der Waals surface area contributed by atoms with Crippen molar-refractivity contribution in [3.8, 4) is 0 Å². The van der Waals surface area contributed by atoms with Crippen LogP contribution in [-0.2, 0) is 14.3 Å². The number of esters is 1. The van der Waals surface area contributed by atoms with Gasteiger partial charge in [-0.05, 0) is 13.5 Å². The lowest BCUT2D eigenvalue weighted by Gasteiger charge is -2.29. The van der Waals surface area contributed by atoms with Gasteiger partial charge in [0.15, 0.2) is 0 Å². The molecule has 0 bridgehead atoms. The van der Waals surface area contributed by atoms with E-state index in [1.54, 1.807) is 0 Å². The van der Waals surface area contributed by atoms with Gasteiger partial charge in [-0.15, -0.1) is 0 Å². The lowest BCUT2D eigenvalue weighted by Crippen LogP contribution is -2.42. The minimum atomic E-state index is -0.128. The van der Waals surface area contributed by atoms with E-state index < -0.39 is 0 Å². The monoisotopic (exact) mass is 244 g/mol. The molecule has 0 saturated carbocycles. The molecule has 1 saturated heterocycles. The summed E-state index contributed by atoms with van der Waals surface area (Å²) in [6.07, 6.45) is 0. The zero-order chi connectivity index (χ0) is 12.5. The second kappa shape index (κ2) is 8.44. The Morgan fingerprint density at radius 3 is 2.65 bits per heavy atom. The summed E-state index contributed by atoms with van der Waals surface area (Å²) in [5.41, 5.74) is 0. The molecule has 0 spiro atoms. The third kappa shape index (κ3) is 6.00. The van der Waals surface area contributed by atoms with Crippen molar-refractivity contribution in [3.63, 3.8) is 0 Å². The molecule has 1 aliphatic rings. The maximum atomic E-state index is 11.4. The van der Waals surface area contributed by atoms with Gasteiger partial charge in [0.1, 0.15) is 0 Å². The molecule has 17 heavy (non-hydrogen) atoms. The molecule has 0 atom stereocenters. The van der Waals surface area contributed by atoms with Crippen LogP contribution in [0, 0.1) is 0 Å². The normalized spacial score (nSPS) is 17.4. The summed E-state index contributed by atoms with van der Waals surface area (Å²) >= 11 is 0. The molecule has 1 fully saturated rings. The van der Waals surface area contributed by atoms with Crippen LogP contribution in [0.4, 0.5) is 0 Å². The Balaban J connectivity index is 2.19. The summed E-state index contributed by atoms with van der Waals surface area (Å²) in [7, 11) is 0. The maximum absolute atomic E-state index is 11.4. The van der Waals surface area contributed by atoms with E-state index in [0.29, 0.717) is 13.2 Å². The van der Waals surface area contributed by atoms with Gasteiger partial charge in [-0.1, -0.05) is 6.92 Å². The fourth-order valence-corrected chi connectivity index (χ4v) is 1.85. The van der Waals surface area contributed by atoms with Gasteiger partial charge in [0, 0.05) is 26.2 Å². The number of carbonyl (C=O) groups is 1. The Bertz CT molecular complexity index is 218. The van der Waals surface area contributed by atoms with Gasteiger partial charge in [-0.25, -0.2) is 0 Å². The highest BCUT2D eigenvalue weighted by atomic mass is 16.5. The second-order valence-corrected chi connectivity index (χ2v) is 4.13. The van der Waals surface area contributed by atoms with Crippen LogP contribution in [0.5, 0.6) is 0 Å². The lowest BCUT2D eigenvalue weighted by molar-refractivity contribution is -0.144. The molecule has 0 aromatic rings. The van der Waals surface area contributed by atoms with Crippen LogP contribution in [0.1, 0.15) is 13.8 Å². The molecule has 5 heteroatoms. The smallest absolute Gasteiger partial charge is 0.320 e. The summed E-state index contributed by atoms with van der Waals surface area (Å²) in [6.45, 7) is 11.2. The van der Waals surface area contributed by atoms with Crippen molar-refractivity contribution >= 4 is 5.97 Å². The van der Waals surface area contributed by atoms with Crippen molar-refractivity contribution in [2.24, 2.45) is 0 Å². The van der Waals surface area contributed by atoms with Gasteiger partial charge in [-0.3, -0.25) is 14.6 Å². The number of morpholine rings is 1. The van der Waals surface area contributed by atoms with Crippen LogP contribution in [0.2, 0.25) is 0 Å². The van der Waals surface area contributed by atoms with Crippen molar-refractivity contribution < 1.29 is 14.3 Å². The zero-order valence-corrected chi connectivity index (χ0v) is 11.0. The van der Waals surface area contributed by atoms with Crippen LogP contribution in [-0.4, -0.2) is 74.9 Å². The summed E-state index contributed by atoms with van der Waals surface area (Å²) in [5.74, 6) is -0.128. The molecular weight excluding hydrogens is 220 g/mol. The minimum absolute atomic E-state index is 0.128. The summed E-state index contributed by atoms with van der Waals surface area (Å²) in [5, 5.41) is 0. The van der Waals surface area contributed by atoms with Crippen LogP contribution < -0.4 is 0 Å². The van der Waals surface area contributed by atoms with E-state index in [-0.39, 0.29) is 5.97 Å². The first-order valence-corrected chi connectivity index (χ1v) is 6.44. The van der Waals surface area contributed by atoms with Crippen molar-refractivity contribution in [2.45, 2.75) is 13.8 Å². The Kier molecular flexibility index (Phi) is 7.16. The summed E-state index contributed by atoms with van der Waals surface area (Å²) < 4.78 is 10.3. The number of ether oxygens (including phenoxy) is 2. The number of rotatable bonds is 7. The first-order valence-electron chi connectivity index (χ1n) is 6.44. The van der Waals surface area contributed by atoms with E-state index in [1.165, 1.54) is 0 Å². The third-order valence-electron chi connectivity index (χ3n) is 2.94. The predicted octanol–water partition coefficient (Wildman–Crippen LogP) is 0.204. The average Bonchev–Trinajstić information content (AvgIpc) is 2.36. The number of hydrogen-bond donors (Lipinski definition) is 0. The largest absolute Gasteiger partial charge is 0.465 e. The van der Waals surface area contributed by atoms with Crippen LogP contribution >= 0.6 is 0 Å². The Morgan fingerprint density at radius 1 is 1.35 bits per heavy atom. The van der Waals surface area contributed by atoms with E-state index in [0.717, 1.165) is 45.9 Å². The molecule has 100 valence electrons. The molecule has 0 aromatic heterocycles. The maximum Gasteiger partial charge on any atom is 0.320 e. The van der Waals surface area contributed by atoms with Crippen LogP contribution in [0.25, 0.3) is 0 Å². The predicted molar refractivity (Wildman–Crippen MR) is 66.0 cm³/mol. The molecule has 1 heterocycles. The first kappa shape index (κ1) is 14.4. The topological polar surface area (TPSA) is 42.0 Å². The van der Waals surface area contributed by atoms with Crippen LogP contribution in [0.15, 0.2) is 0 Å². The first-order chi connectivity index (χ1) is 8.26. The van der Waals surface area contributed by atoms with Gasteiger partial charge in [-0.2, -0.15) is 0 Å². The quantitative estimate of drug-likeness (QED) is 0.599. The van der Waals surface area contributed by atoms with E-state index in [9.17, 15) is 4.79 Å². The van der Waals surface area contributed by atoms with Crippen molar-refractivity contribution in [2.75, 3.05) is 59.1 Å². The summed E-state index contributed by atoms with van der Waals surface area (Å²) in [4.78, 5) is 15.9. The molecule has 0 aliphatic carbocycles. The SMILES string of the molecule is CCOC(=O)CN(CC)CCN1CCOCC1. The molecule has 1 aliphatic heterocycles. The van der Waals surface area contributed by atoms with Gasteiger partial charge in [0.05, 0.1) is 26.4 Å². The van der Waals surface area contributed by atoms with Crippen molar-refractivity contribution in [1.82, 2.24) is 9.80 Å². The second-order valence-electron chi connectivity index (χ2n) is 4.13. The highest BCUT2D eigenvalue weighted by Crippen LogP contribution is 1.98.